The van der Waals surface area contributed by atoms with Crippen molar-refractivity contribution in [1.29, 1.82) is 0 Å². The summed E-state index contributed by atoms with van der Waals surface area (Å²) in [7, 11) is 0. The number of primary amides is 1. The maximum atomic E-state index is 10.7. The number of nitrogens with two attached hydrogens (primary N) is 1. The maximum absolute atomic E-state index is 10.7. The Labute approximate surface area is 81.3 Å². The normalized spacial score (nSPS) is 18.0. The zero-order valence-corrected chi connectivity index (χ0v) is 7.54. The summed E-state index contributed by atoms with van der Waals surface area (Å²) in [6.07, 6.45) is 5.62. The third-order valence-electron chi connectivity index (χ3n) is 1.80. The third-order valence-corrected chi connectivity index (χ3v) is 1.80. The van der Waals surface area contributed by atoms with Gasteiger partial charge >= 0.3 is 0 Å². The summed E-state index contributed by atoms with van der Waals surface area (Å²) in [6.45, 7) is 0. The molecule has 0 saturated carbocycles. The first-order valence-corrected chi connectivity index (χ1v) is 3.57. The van der Waals surface area contributed by atoms with Gasteiger partial charge in [-0.25, -0.2) is 0 Å². The second-order valence-corrected chi connectivity index (χ2v) is 2.59. The summed E-state index contributed by atoms with van der Waals surface area (Å²) in [6, 6.07) is 0. The van der Waals surface area contributed by atoms with Gasteiger partial charge in [-0.1, -0.05) is 0 Å². The number of hydrogen-bond donors (Lipinski definition) is 1. The third kappa shape index (κ3) is 1.67. The molecule has 0 bridgehead atoms. The molecule has 0 aliphatic carbocycles. The van der Waals surface area contributed by atoms with E-state index >= 15 is 0 Å². The SMILES string of the molecule is Cl.NC(=O)C1=NC=C2C=CN=C2C1. The minimum atomic E-state index is -0.472. The Bertz CT molecular complexity index is 366. The van der Waals surface area contributed by atoms with Gasteiger partial charge in [0, 0.05) is 24.4 Å². The van der Waals surface area contributed by atoms with Crippen LogP contribution in [-0.4, -0.2) is 17.3 Å². The number of amides is 1. The molecule has 0 saturated heterocycles. The predicted octanol–water partition coefficient (Wildman–Crippen LogP) is 0.590. The van der Waals surface area contributed by atoms with E-state index in [1.807, 2.05) is 6.08 Å². The van der Waals surface area contributed by atoms with Crippen LogP contribution in [0.1, 0.15) is 6.42 Å². The van der Waals surface area contributed by atoms with Gasteiger partial charge in [-0.15, -0.1) is 12.4 Å². The average Bonchev–Trinajstić information content (AvgIpc) is 2.49. The van der Waals surface area contributed by atoms with Gasteiger partial charge in [0.1, 0.15) is 5.71 Å². The number of halogens is 1. The molecule has 4 nitrogen and oxygen atoms in total. The fraction of sp³-hybridized carbons (Fsp3) is 0.125. The molecule has 2 rings (SSSR count). The zero-order valence-electron chi connectivity index (χ0n) is 6.73. The van der Waals surface area contributed by atoms with Crippen LogP contribution in [0, 0.1) is 0 Å². The number of carbonyl (C=O) groups excluding carboxylic acids is 1. The van der Waals surface area contributed by atoms with Crippen molar-refractivity contribution in [2.24, 2.45) is 15.7 Å². The van der Waals surface area contributed by atoms with Crippen LogP contribution in [0.2, 0.25) is 0 Å². The van der Waals surface area contributed by atoms with Gasteiger partial charge in [-0.05, 0) is 6.08 Å². The fourth-order valence-electron chi connectivity index (χ4n) is 1.15. The van der Waals surface area contributed by atoms with Gasteiger partial charge in [0.15, 0.2) is 0 Å². The molecule has 13 heavy (non-hydrogen) atoms. The first kappa shape index (κ1) is 9.67. The van der Waals surface area contributed by atoms with Crippen LogP contribution in [0.5, 0.6) is 0 Å². The van der Waals surface area contributed by atoms with Crippen molar-refractivity contribution in [3.05, 3.63) is 24.0 Å². The molecule has 0 aromatic rings. The smallest absolute Gasteiger partial charge is 0.263 e. The van der Waals surface area contributed by atoms with E-state index in [-0.39, 0.29) is 12.4 Å². The van der Waals surface area contributed by atoms with Gasteiger partial charge in [-0.2, -0.15) is 0 Å². The summed E-state index contributed by atoms with van der Waals surface area (Å²) >= 11 is 0. The predicted molar refractivity (Wildman–Crippen MR) is 53.2 cm³/mol. The molecule has 1 amide bonds. The van der Waals surface area contributed by atoms with Gasteiger partial charge < -0.3 is 5.73 Å². The summed E-state index contributed by atoms with van der Waals surface area (Å²) in [5, 5.41) is 0. The fourth-order valence-corrected chi connectivity index (χ4v) is 1.15. The zero-order chi connectivity index (χ0) is 8.55. The summed E-state index contributed by atoms with van der Waals surface area (Å²) in [5.41, 5.74) is 7.30. The number of aliphatic imine (C=N–C) groups is 2. The minimum Gasteiger partial charge on any atom is -0.365 e. The van der Waals surface area contributed by atoms with E-state index in [0.717, 1.165) is 11.3 Å². The van der Waals surface area contributed by atoms with E-state index in [1.165, 1.54) is 0 Å². The van der Waals surface area contributed by atoms with Crippen molar-refractivity contribution >= 4 is 29.7 Å². The quantitative estimate of drug-likeness (QED) is 0.657. The van der Waals surface area contributed by atoms with Gasteiger partial charge in [0.2, 0.25) is 0 Å². The molecule has 0 spiro atoms. The summed E-state index contributed by atoms with van der Waals surface area (Å²) in [5.74, 6) is -0.472. The van der Waals surface area contributed by atoms with Crippen molar-refractivity contribution in [2.75, 3.05) is 0 Å². The lowest BCUT2D eigenvalue weighted by atomic mass is 10.0. The van der Waals surface area contributed by atoms with E-state index in [9.17, 15) is 4.79 Å². The molecule has 0 atom stereocenters. The van der Waals surface area contributed by atoms with Crippen LogP contribution in [0.3, 0.4) is 0 Å². The molecule has 0 fully saturated rings. The van der Waals surface area contributed by atoms with E-state index in [0.29, 0.717) is 12.1 Å². The van der Waals surface area contributed by atoms with Crippen LogP contribution in [0.4, 0.5) is 0 Å². The molecule has 0 unspecified atom stereocenters. The number of hydrogen-bond acceptors (Lipinski definition) is 3. The van der Waals surface area contributed by atoms with Crippen LogP contribution in [0.15, 0.2) is 34.0 Å². The summed E-state index contributed by atoms with van der Waals surface area (Å²) in [4.78, 5) is 18.7. The monoisotopic (exact) mass is 197 g/mol. The highest BCUT2D eigenvalue weighted by molar-refractivity contribution is 6.43. The molecule has 2 aliphatic heterocycles. The summed E-state index contributed by atoms with van der Waals surface area (Å²) < 4.78 is 0. The van der Waals surface area contributed by atoms with E-state index in [4.69, 9.17) is 5.73 Å². The number of carbonyl (C=O) groups is 1. The molecule has 2 N–H and O–H groups in total. The lowest BCUT2D eigenvalue weighted by Crippen LogP contribution is -2.27. The Kier molecular flexibility index (Phi) is 2.63. The molecule has 0 aromatic carbocycles. The molecule has 5 heteroatoms. The number of rotatable bonds is 1. The first-order valence-electron chi connectivity index (χ1n) is 3.57. The average molecular weight is 198 g/mol. The van der Waals surface area contributed by atoms with Crippen LogP contribution >= 0.6 is 12.4 Å². The number of fused-ring (bicyclic) bond motifs is 1. The molecule has 0 aromatic heterocycles. The molecule has 0 radical (unpaired) electrons. The van der Waals surface area contributed by atoms with Gasteiger partial charge in [-0.3, -0.25) is 14.8 Å². The molecule has 2 heterocycles. The second kappa shape index (κ2) is 3.53. The Balaban J connectivity index is 0.000000845. The largest absolute Gasteiger partial charge is 0.365 e. The van der Waals surface area contributed by atoms with Gasteiger partial charge in [0.25, 0.3) is 5.91 Å². The Hall–Kier alpha value is -1.42. The lowest BCUT2D eigenvalue weighted by molar-refractivity contribution is -0.112. The standard InChI is InChI=1S/C8H7N3O.ClH/c9-8(12)7-3-6-5(4-11-7)1-2-10-6;/h1-2,4H,3H2,(H2,9,12);1H. The van der Waals surface area contributed by atoms with Crippen molar-refractivity contribution in [3.8, 4) is 0 Å². The Morgan fingerprint density at radius 1 is 1.46 bits per heavy atom. The van der Waals surface area contributed by atoms with Crippen molar-refractivity contribution in [2.45, 2.75) is 6.42 Å². The molecular weight excluding hydrogens is 190 g/mol. The molecule has 68 valence electrons. The van der Waals surface area contributed by atoms with Crippen LogP contribution in [0.25, 0.3) is 0 Å². The van der Waals surface area contributed by atoms with Crippen LogP contribution < -0.4 is 5.73 Å². The first-order chi connectivity index (χ1) is 5.77. The van der Waals surface area contributed by atoms with Crippen molar-refractivity contribution in [3.63, 3.8) is 0 Å². The maximum Gasteiger partial charge on any atom is 0.263 e. The second-order valence-electron chi connectivity index (χ2n) is 2.59. The van der Waals surface area contributed by atoms with E-state index in [2.05, 4.69) is 9.98 Å². The highest BCUT2D eigenvalue weighted by Crippen LogP contribution is 2.16. The van der Waals surface area contributed by atoms with Crippen LogP contribution in [-0.2, 0) is 4.79 Å². The Morgan fingerprint density at radius 3 is 2.92 bits per heavy atom. The highest BCUT2D eigenvalue weighted by atomic mass is 35.5. The van der Waals surface area contributed by atoms with Crippen molar-refractivity contribution in [1.82, 2.24) is 0 Å². The topological polar surface area (TPSA) is 67.8 Å². The van der Waals surface area contributed by atoms with Gasteiger partial charge in [0.05, 0.1) is 5.71 Å². The lowest BCUT2D eigenvalue weighted by Gasteiger charge is -2.07. The molecular formula is C8H8ClN3O. The number of allylic oxidation sites excluding steroid dienone is 2. The Morgan fingerprint density at radius 2 is 2.23 bits per heavy atom. The van der Waals surface area contributed by atoms with E-state index < -0.39 is 5.91 Å². The van der Waals surface area contributed by atoms with Crippen molar-refractivity contribution < 1.29 is 4.79 Å². The molecule has 2 aliphatic rings. The number of nitrogens with zero attached hydrogens (tertiary/aromatic N) is 2. The minimum absolute atomic E-state index is 0. The highest BCUT2D eigenvalue weighted by Gasteiger charge is 2.18. The van der Waals surface area contributed by atoms with E-state index in [1.54, 1.807) is 12.4 Å².